The molecule has 3 nitrogen and oxygen atoms in total. The zero-order valence-electron chi connectivity index (χ0n) is 6.88. The van der Waals surface area contributed by atoms with E-state index >= 15 is 0 Å². The Balaban J connectivity index is 2.65. The molecule has 0 N–H and O–H groups in total. The standard InChI is InChI=1S/C10H7N3/c1-2-4-9-8(3-1)5-12-13-7-11-6-10(9)13/h1-7H. The van der Waals surface area contributed by atoms with E-state index in [9.17, 15) is 0 Å². The monoisotopic (exact) mass is 169 g/mol. The molecule has 0 atom stereocenters. The third-order valence-electron chi connectivity index (χ3n) is 2.18. The molecule has 2 heterocycles. The van der Waals surface area contributed by atoms with Crippen molar-refractivity contribution in [1.29, 1.82) is 0 Å². The third-order valence-corrected chi connectivity index (χ3v) is 2.18. The molecule has 1 aromatic carbocycles. The fourth-order valence-corrected chi connectivity index (χ4v) is 1.54. The second kappa shape index (κ2) is 2.29. The first kappa shape index (κ1) is 6.60. The summed E-state index contributed by atoms with van der Waals surface area (Å²) in [6.07, 6.45) is 5.39. The second-order valence-corrected chi connectivity index (χ2v) is 2.96. The summed E-state index contributed by atoms with van der Waals surface area (Å²) in [5, 5.41) is 6.56. The van der Waals surface area contributed by atoms with Gasteiger partial charge >= 0.3 is 0 Å². The van der Waals surface area contributed by atoms with Gasteiger partial charge in [0, 0.05) is 10.8 Å². The van der Waals surface area contributed by atoms with E-state index in [0.29, 0.717) is 0 Å². The quantitative estimate of drug-likeness (QED) is 0.514. The Kier molecular flexibility index (Phi) is 1.16. The highest BCUT2D eigenvalue weighted by atomic mass is 15.2. The van der Waals surface area contributed by atoms with Gasteiger partial charge < -0.3 is 0 Å². The number of hydrogen-bond acceptors (Lipinski definition) is 2. The van der Waals surface area contributed by atoms with Gasteiger partial charge in [-0.1, -0.05) is 24.3 Å². The Morgan fingerprint density at radius 2 is 2.00 bits per heavy atom. The van der Waals surface area contributed by atoms with Gasteiger partial charge in [-0.05, 0) is 0 Å². The normalized spacial score (nSPS) is 11.1. The average molecular weight is 169 g/mol. The molecule has 0 amide bonds. The van der Waals surface area contributed by atoms with Crippen molar-refractivity contribution in [2.24, 2.45) is 0 Å². The van der Waals surface area contributed by atoms with Crippen molar-refractivity contribution in [1.82, 2.24) is 14.6 Å². The highest BCUT2D eigenvalue weighted by Gasteiger charge is 1.99. The van der Waals surface area contributed by atoms with Crippen LogP contribution in [0.4, 0.5) is 0 Å². The Labute approximate surface area is 74.6 Å². The van der Waals surface area contributed by atoms with E-state index in [1.807, 2.05) is 24.5 Å². The molecule has 3 aromatic rings. The SMILES string of the molecule is c1ccc2c(c1)cnn1cncc21. The van der Waals surface area contributed by atoms with Gasteiger partial charge in [0.2, 0.25) is 0 Å². The van der Waals surface area contributed by atoms with Crippen LogP contribution in [0.25, 0.3) is 16.3 Å². The van der Waals surface area contributed by atoms with Crippen LogP contribution in [0, 0.1) is 0 Å². The smallest absolute Gasteiger partial charge is 0.117 e. The Hall–Kier alpha value is -1.90. The van der Waals surface area contributed by atoms with Crippen molar-refractivity contribution in [2.75, 3.05) is 0 Å². The lowest BCUT2D eigenvalue weighted by Gasteiger charge is -1.97. The number of imidazole rings is 1. The van der Waals surface area contributed by atoms with Crippen molar-refractivity contribution in [3.63, 3.8) is 0 Å². The number of rotatable bonds is 0. The van der Waals surface area contributed by atoms with E-state index in [1.165, 1.54) is 5.39 Å². The first-order valence-corrected chi connectivity index (χ1v) is 4.11. The van der Waals surface area contributed by atoms with Gasteiger partial charge in [0.05, 0.1) is 17.9 Å². The lowest BCUT2D eigenvalue weighted by molar-refractivity contribution is 0.936. The van der Waals surface area contributed by atoms with Crippen LogP contribution in [0.5, 0.6) is 0 Å². The summed E-state index contributed by atoms with van der Waals surface area (Å²) in [7, 11) is 0. The highest BCUT2D eigenvalue weighted by molar-refractivity contribution is 5.94. The zero-order chi connectivity index (χ0) is 8.67. The van der Waals surface area contributed by atoms with E-state index in [1.54, 1.807) is 10.8 Å². The minimum atomic E-state index is 1.05. The maximum Gasteiger partial charge on any atom is 0.117 e. The summed E-state index contributed by atoms with van der Waals surface area (Å²) in [5.41, 5.74) is 1.05. The van der Waals surface area contributed by atoms with E-state index < -0.39 is 0 Å². The molecule has 0 saturated heterocycles. The predicted octanol–water partition coefficient (Wildman–Crippen LogP) is 1.88. The van der Waals surface area contributed by atoms with Gasteiger partial charge in [0.25, 0.3) is 0 Å². The van der Waals surface area contributed by atoms with Crippen LogP contribution in [0.3, 0.4) is 0 Å². The fraction of sp³-hybridized carbons (Fsp3) is 0. The number of aromatic nitrogens is 3. The minimum absolute atomic E-state index is 1.05. The van der Waals surface area contributed by atoms with Crippen LogP contribution in [-0.4, -0.2) is 14.6 Å². The summed E-state index contributed by atoms with van der Waals surface area (Å²) in [5.74, 6) is 0. The van der Waals surface area contributed by atoms with Crippen molar-refractivity contribution in [2.45, 2.75) is 0 Å². The van der Waals surface area contributed by atoms with E-state index in [0.717, 1.165) is 10.9 Å². The van der Waals surface area contributed by atoms with Crippen molar-refractivity contribution >= 4 is 16.3 Å². The zero-order valence-corrected chi connectivity index (χ0v) is 6.88. The molecule has 0 spiro atoms. The molecule has 0 aliphatic heterocycles. The molecular weight excluding hydrogens is 162 g/mol. The molecule has 0 unspecified atom stereocenters. The number of fused-ring (bicyclic) bond motifs is 3. The van der Waals surface area contributed by atoms with Gasteiger partial charge in [-0.3, -0.25) is 0 Å². The molecule has 0 aliphatic carbocycles. The Bertz CT molecular complexity index is 568. The summed E-state index contributed by atoms with van der Waals surface area (Å²) in [6.45, 7) is 0. The Morgan fingerprint density at radius 1 is 1.08 bits per heavy atom. The fourth-order valence-electron chi connectivity index (χ4n) is 1.54. The minimum Gasteiger partial charge on any atom is -0.243 e. The molecule has 0 aliphatic rings. The summed E-state index contributed by atoms with van der Waals surface area (Å²) >= 11 is 0. The van der Waals surface area contributed by atoms with Crippen molar-refractivity contribution in [3.8, 4) is 0 Å². The highest BCUT2D eigenvalue weighted by Crippen LogP contribution is 2.16. The molecule has 2 aromatic heterocycles. The van der Waals surface area contributed by atoms with Crippen molar-refractivity contribution in [3.05, 3.63) is 43.0 Å². The first-order chi connectivity index (χ1) is 6.45. The van der Waals surface area contributed by atoms with Crippen LogP contribution >= 0.6 is 0 Å². The number of nitrogens with zero attached hydrogens (tertiary/aromatic N) is 3. The summed E-state index contributed by atoms with van der Waals surface area (Å²) in [6, 6.07) is 8.16. The van der Waals surface area contributed by atoms with Gasteiger partial charge in [-0.25, -0.2) is 9.50 Å². The summed E-state index contributed by atoms with van der Waals surface area (Å²) in [4.78, 5) is 4.05. The Morgan fingerprint density at radius 3 is 3.00 bits per heavy atom. The summed E-state index contributed by atoms with van der Waals surface area (Å²) < 4.78 is 1.78. The van der Waals surface area contributed by atoms with Crippen LogP contribution in [0.2, 0.25) is 0 Å². The maximum absolute atomic E-state index is 4.22. The predicted molar refractivity (Wildman–Crippen MR) is 50.5 cm³/mol. The van der Waals surface area contributed by atoms with E-state index in [2.05, 4.69) is 22.2 Å². The van der Waals surface area contributed by atoms with Gasteiger partial charge in [-0.15, -0.1) is 0 Å². The molecule has 13 heavy (non-hydrogen) atoms. The lowest BCUT2D eigenvalue weighted by atomic mass is 10.2. The van der Waals surface area contributed by atoms with Crippen LogP contribution in [-0.2, 0) is 0 Å². The maximum atomic E-state index is 4.22. The largest absolute Gasteiger partial charge is 0.243 e. The van der Waals surface area contributed by atoms with Crippen LogP contribution in [0.1, 0.15) is 0 Å². The van der Waals surface area contributed by atoms with E-state index in [4.69, 9.17) is 0 Å². The number of hydrogen-bond donors (Lipinski definition) is 0. The molecule has 0 radical (unpaired) electrons. The van der Waals surface area contributed by atoms with Crippen molar-refractivity contribution < 1.29 is 0 Å². The van der Waals surface area contributed by atoms with Gasteiger partial charge in [0.15, 0.2) is 0 Å². The molecule has 0 fully saturated rings. The van der Waals surface area contributed by atoms with Gasteiger partial charge in [-0.2, -0.15) is 5.10 Å². The van der Waals surface area contributed by atoms with Crippen LogP contribution < -0.4 is 0 Å². The third kappa shape index (κ3) is 0.839. The first-order valence-electron chi connectivity index (χ1n) is 4.11. The molecule has 0 saturated carbocycles. The average Bonchev–Trinajstić information content (AvgIpc) is 2.65. The second-order valence-electron chi connectivity index (χ2n) is 2.96. The molecule has 0 bridgehead atoms. The molecular formula is C10H7N3. The molecule has 62 valence electrons. The topological polar surface area (TPSA) is 30.2 Å². The van der Waals surface area contributed by atoms with Crippen LogP contribution in [0.15, 0.2) is 43.0 Å². The number of benzene rings is 1. The molecule has 3 rings (SSSR count). The van der Waals surface area contributed by atoms with Gasteiger partial charge in [0.1, 0.15) is 6.33 Å². The van der Waals surface area contributed by atoms with E-state index in [-0.39, 0.29) is 0 Å². The molecule has 3 heteroatoms. The lowest BCUT2D eigenvalue weighted by Crippen LogP contribution is -1.88.